The maximum Gasteiger partial charge on any atom is 0.322 e. The molecule has 0 saturated heterocycles. The van der Waals surface area contributed by atoms with Gasteiger partial charge < -0.3 is 15.3 Å². The lowest BCUT2D eigenvalue weighted by Gasteiger charge is -2.22. The fourth-order valence-corrected chi connectivity index (χ4v) is 2.90. The van der Waals surface area contributed by atoms with Crippen LogP contribution in [0.25, 0.3) is 0 Å². The van der Waals surface area contributed by atoms with Gasteiger partial charge in [-0.05, 0) is 55.4 Å². The first-order valence-corrected chi connectivity index (χ1v) is 7.55. The summed E-state index contributed by atoms with van der Waals surface area (Å²) in [5.74, 6) is -0.869. The molecule has 112 valence electrons. The number of rotatable bonds is 5. The lowest BCUT2D eigenvalue weighted by molar-refractivity contribution is -0.137. The van der Waals surface area contributed by atoms with Gasteiger partial charge in [0.25, 0.3) is 0 Å². The predicted molar refractivity (Wildman–Crippen MR) is 79.5 cm³/mol. The van der Waals surface area contributed by atoms with Crippen LogP contribution in [0.3, 0.4) is 0 Å². The van der Waals surface area contributed by atoms with E-state index in [1.165, 1.54) is 17.5 Å². The minimum absolute atomic E-state index is 0.00585. The Morgan fingerprint density at radius 1 is 1.24 bits per heavy atom. The highest BCUT2D eigenvalue weighted by molar-refractivity contribution is 5.90. The van der Waals surface area contributed by atoms with E-state index in [1.54, 1.807) is 4.90 Å². The van der Waals surface area contributed by atoms with Crippen LogP contribution in [0.1, 0.15) is 36.8 Å². The summed E-state index contributed by atoms with van der Waals surface area (Å²) in [5, 5.41) is 11.7. The molecule has 2 aliphatic carbocycles. The maximum absolute atomic E-state index is 12.3. The molecular formula is C16H20N2O3. The molecule has 0 atom stereocenters. The second-order valence-electron chi connectivity index (χ2n) is 5.84. The van der Waals surface area contributed by atoms with E-state index in [4.69, 9.17) is 5.11 Å². The van der Waals surface area contributed by atoms with Crippen molar-refractivity contribution in [2.75, 3.05) is 11.9 Å². The van der Waals surface area contributed by atoms with Crippen molar-refractivity contribution in [3.05, 3.63) is 29.3 Å². The SMILES string of the molecule is O=C(O)CCN(C(=O)Nc1ccc2c(c1)CCC2)C1CC1. The summed E-state index contributed by atoms with van der Waals surface area (Å²) >= 11 is 0. The third-order valence-electron chi connectivity index (χ3n) is 4.16. The molecule has 5 heteroatoms. The molecule has 21 heavy (non-hydrogen) atoms. The number of carbonyl (C=O) groups is 2. The molecule has 0 spiro atoms. The van der Waals surface area contributed by atoms with Crippen molar-refractivity contribution in [3.63, 3.8) is 0 Å². The highest BCUT2D eigenvalue weighted by Crippen LogP contribution is 2.29. The molecular weight excluding hydrogens is 268 g/mol. The van der Waals surface area contributed by atoms with Crippen molar-refractivity contribution >= 4 is 17.7 Å². The van der Waals surface area contributed by atoms with Crippen molar-refractivity contribution < 1.29 is 14.7 Å². The molecule has 1 saturated carbocycles. The molecule has 0 aliphatic heterocycles. The Labute approximate surface area is 123 Å². The zero-order valence-corrected chi connectivity index (χ0v) is 12.0. The number of carbonyl (C=O) groups excluding carboxylic acids is 1. The Morgan fingerprint density at radius 2 is 2.00 bits per heavy atom. The number of fused-ring (bicyclic) bond motifs is 1. The van der Waals surface area contributed by atoms with Gasteiger partial charge in [0.15, 0.2) is 0 Å². The Morgan fingerprint density at radius 3 is 2.71 bits per heavy atom. The third kappa shape index (κ3) is 3.35. The van der Waals surface area contributed by atoms with E-state index in [9.17, 15) is 9.59 Å². The van der Waals surface area contributed by atoms with Crippen molar-refractivity contribution in [1.29, 1.82) is 0 Å². The summed E-state index contributed by atoms with van der Waals surface area (Å²) in [6.45, 7) is 0.275. The fourth-order valence-electron chi connectivity index (χ4n) is 2.90. The van der Waals surface area contributed by atoms with Crippen LogP contribution in [0, 0.1) is 0 Å². The minimum Gasteiger partial charge on any atom is -0.481 e. The number of benzene rings is 1. The quantitative estimate of drug-likeness (QED) is 0.875. The number of carboxylic acid groups (broad SMARTS) is 1. The van der Waals surface area contributed by atoms with Crippen LogP contribution < -0.4 is 5.32 Å². The molecule has 1 aromatic carbocycles. The summed E-state index contributed by atoms with van der Waals surface area (Å²) in [6, 6.07) is 6.08. The average Bonchev–Trinajstić information content (AvgIpc) is 3.16. The Kier molecular flexibility index (Phi) is 3.82. The van der Waals surface area contributed by atoms with Gasteiger partial charge in [0.1, 0.15) is 0 Å². The van der Waals surface area contributed by atoms with Gasteiger partial charge in [-0.3, -0.25) is 4.79 Å². The second kappa shape index (κ2) is 5.76. The van der Waals surface area contributed by atoms with Crippen molar-refractivity contribution in [2.24, 2.45) is 0 Å². The number of aryl methyl sites for hydroxylation is 2. The van der Waals surface area contributed by atoms with Crippen molar-refractivity contribution in [3.8, 4) is 0 Å². The summed E-state index contributed by atoms with van der Waals surface area (Å²) in [5.41, 5.74) is 3.50. The lowest BCUT2D eigenvalue weighted by Crippen LogP contribution is -2.38. The standard InChI is InChI=1S/C16H20N2O3/c19-15(20)8-9-18(14-6-7-14)16(21)17-13-5-4-11-2-1-3-12(11)10-13/h4-5,10,14H,1-3,6-9H2,(H,17,21)(H,19,20). The van der Waals surface area contributed by atoms with Gasteiger partial charge in [-0.2, -0.15) is 0 Å². The first kappa shape index (κ1) is 13.9. The van der Waals surface area contributed by atoms with E-state index >= 15 is 0 Å². The van der Waals surface area contributed by atoms with Crippen LogP contribution in [0.4, 0.5) is 10.5 Å². The van der Waals surface area contributed by atoms with Crippen molar-refractivity contribution in [1.82, 2.24) is 4.90 Å². The van der Waals surface area contributed by atoms with E-state index in [0.29, 0.717) is 0 Å². The fraction of sp³-hybridized carbons (Fsp3) is 0.500. The zero-order valence-electron chi connectivity index (χ0n) is 12.0. The first-order chi connectivity index (χ1) is 10.1. The number of urea groups is 1. The summed E-state index contributed by atoms with van der Waals surface area (Å²) < 4.78 is 0. The number of anilines is 1. The van der Waals surface area contributed by atoms with Gasteiger partial charge in [-0.1, -0.05) is 6.07 Å². The molecule has 0 radical (unpaired) electrons. The summed E-state index contributed by atoms with van der Waals surface area (Å²) in [6.07, 6.45) is 5.31. The van der Waals surface area contributed by atoms with Crippen LogP contribution in [0.15, 0.2) is 18.2 Å². The topological polar surface area (TPSA) is 69.6 Å². The molecule has 3 rings (SSSR count). The molecule has 1 aromatic rings. The Balaban J connectivity index is 1.64. The van der Waals surface area contributed by atoms with Crippen LogP contribution >= 0.6 is 0 Å². The Hall–Kier alpha value is -2.04. The summed E-state index contributed by atoms with van der Waals surface area (Å²) in [4.78, 5) is 24.7. The highest BCUT2D eigenvalue weighted by Gasteiger charge is 2.32. The summed E-state index contributed by atoms with van der Waals surface area (Å²) in [7, 11) is 0. The molecule has 2 aliphatic rings. The molecule has 2 amide bonds. The van der Waals surface area contributed by atoms with Gasteiger partial charge in [-0.15, -0.1) is 0 Å². The zero-order chi connectivity index (χ0) is 14.8. The number of carboxylic acids is 1. The molecule has 0 aromatic heterocycles. The number of amides is 2. The van der Waals surface area contributed by atoms with Crippen LogP contribution in [-0.2, 0) is 17.6 Å². The normalized spacial score (nSPS) is 16.4. The average molecular weight is 288 g/mol. The first-order valence-electron chi connectivity index (χ1n) is 7.55. The molecule has 0 bridgehead atoms. The molecule has 0 heterocycles. The van der Waals surface area contributed by atoms with E-state index < -0.39 is 5.97 Å². The predicted octanol–water partition coefficient (Wildman–Crippen LogP) is 2.65. The largest absolute Gasteiger partial charge is 0.481 e. The van der Waals surface area contributed by atoms with Crippen LogP contribution in [-0.4, -0.2) is 34.6 Å². The number of nitrogens with zero attached hydrogens (tertiary/aromatic N) is 1. The lowest BCUT2D eigenvalue weighted by atomic mass is 10.1. The third-order valence-corrected chi connectivity index (χ3v) is 4.16. The molecule has 2 N–H and O–H groups in total. The van der Waals surface area contributed by atoms with Gasteiger partial charge >= 0.3 is 12.0 Å². The van der Waals surface area contributed by atoms with Gasteiger partial charge in [-0.25, -0.2) is 4.79 Å². The number of hydrogen-bond acceptors (Lipinski definition) is 2. The Bertz CT molecular complexity index is 567. The monoisotopic (exact) mass is 288 g/mol. The van der Waals surface area contributed by atoms with Gasteiger partial charge in [0, 0.05) is 18.3 Å². The minimum atomic E-state index is -0.869. The van der Waals surface area contributed by atoms with Crippen LogP contribution in [0.5, 0.6) is 0 Å². The maximum atomic E-state index is 12.3. The number of nitrogens with one attached hydrogen (secondary N) is 1. The highest BCUT2D eigenvalue weighted by atomic mass is 16.4. The second-order valence-corrected chi connectivity index (χ2v) is 5.84. The van der Waals surface area contributed by atoms with E-state index in [0.717, 1.165) is 31.4 Å². The van der Waals surface area contributed by atoms with Crippen LogP contribution in [0.2, 0.25) is 0 Å². The van der Waals surface area contributed by atoms with E-state index in [1.807, 2.05) is 12.1 Å². The molecule has 0 unspecified atom stereocenters. The number of hydrogen-bond donors (Lipinski definition) is 2. The van der Waals surface area contributed by atoms with Gasteiger partial charge in [0.2, 0.25) is 0 Å². The molecule has 1 fully saturated rings. The van der Waals surface area contributed by atoms with E-state index in [-0.39, 0.29) is 25.0 Å². The van der Waals surface area contributed by atoms with Crippen molar-refractivity contribution in [2.45, 2.75) is 44.6 Å². The molecule has 5 nitrogen and oxygen atoms in total. The number of aliphatic carboxylic acids is 1. The van der Waals surface area contributed by atoms with Gasteiger partial charge in [0.05, 0.1) is 6.42 Å². The van der Waals surface area contributed by atoms with E-state index in [2.05, 4.69) is 11.4 Å². The smallest absolute Gasteiger partial charge is 0.322 e.